The van der Waals surface area contributed by atoms with Crippen LogP contribution in [0.3, 0.4) is 0 Å². The number of rotatable bonds is 4. The van der Waals surface area contributed by atoms with Crippen molar-refractivity contribution in [2.24, 2.45) is 0 Å². The van der Waals surface area contributed by atoms with Crippen LogP contribution < -0.4 is 4.74 Å². The highest BCUT2D eigenvalue weighted by Gasteiger charge is 2.18. The molecule has 0 unspecified atom stereocenters. The third-order valence-electron chi connectivity index (χ3n) is 2.29. The molecule has 0 bridgehead atoms. The van der Waals surface area contributed by atoms with Crippen LogP contribution >= 0.6 is 0 Å². The third-order valence-corrected chi connectivity index (χ3v) is 2.29. The second-order valence-electron chi connectivity index (χ2n) is 3.44. The van der Waals surface area contributed by atoms with Gasteiger partial charge in [-0.1, -0.05) is 6.07 Å². The average Bonchev–Trinajstić information content (AvgIpc) is 2.88. The third kappa shape index (κ3) is 2.30. The van der Waals surface area contributed by atoms with Crippen LogP contribution in [-0.2, 0) is 6.61 Å². The molecule has 0 radical (unpaired) electrons. The largest absolute Gasteiger partial charge is 0.487 e. The van der Waals surface area contributed by atoms with E-state index in [0.29, 0.717) is 0 Å². The molecular weight excluding hydrogens is 236 g/mol. The van der Waals surface area contributed by atoms with E-state index in [4.69, 9.17) is 14.4 Å². The molecule has 1 aromatic carbocycles. The maximum absolute atomic E-state index is 10.7. The molecule has 0 fully saturated rings. The van der Waals surface area contributed by atoms with E-state index in [-0.39, 0.29) is 23.6 Å². The van der Waals surface area contributed by atoms with Gasteiger partial charge in [0.15, 0.2) is 5.56 Å². The van der Waals surface area contributed by atoms with Gasteiger partial charge in [0.25, 0.3) is 5.69 Å². The predicted molar refractivity (Wildman–Crippen MR) is 60.9 cm³/mol. The molecule has 90 valence electrons. The lowest BCUT2D eigenvalue weighted by atomic mass is 10.2. The molecule has 0 atom stereocenters. The molecule has 0 aliphatic rings. The molecule has 2 rings (SSSR count). The SMILES string of the molecule is N#Cc1c(OCc2ccoc2)cccc1[N+](=O)[O-]. The van der Waals surface area contributed by atoms with Crippen molar-refractivity contribution >= 4 is 5.69 Å². The Balaban J connectivity index is 2.25. The van der Waals surface area contributed by atoms with E-state index in [2.05, 4.69) is 0 Å². The van der Waals surface area contributed by atoms with Crippen LogP contribution in [0.1, 0.15) is 11.1 Å². The molecule has 1 heterocycles. The molecule has 0 saturated carbocycles. The van der Waals surface area contributed by atoms with E-state index in [1.165, 1.54) is 30.7 Å². The number of ether oxygens (including phenoxy) is 1. The fourth-order valence-corrected chi connectivity index (χ4v) is 1.44. The first-order valence-corrected chi connectivity index (χ1v) is 5.03. The number of benzene rings is 1. The Morgan fingerprint density at radius 3 is 2.89 bits per heavy atom. The summed E-state index contributed by atoms with van der Waals surface area (Å²) in [6.45, 7) is 0.187. The van der Waals surface area contributed by atoms with Crippen LogP contribution in [0.15, 0.2) is 41.2 Å². The summed E-state index contributed by atoms with van der Waals surface area (Å²) in [5.41, 5.74) is 0.443. The summed E-state index contributed by atoms with van der Waals surface area (Å²) in [5, 5.41) is 19.7. The first-order chi connectivity index (χ1) is 8.72. The minimum atomic E-state index is -0.608. The van der Waals surface area contributed by atoms with Crippen molar-refractivity contribution < 1.29 is 14.1 Å². The van der Waals surface area contributed by atoms with Gasteiger partial charge < -0.3 is 9.15 Å². The molecule has 0 N–H and O–H groups in total. The number of hydrogen-bond acceptors (Lipinski definition) is 5. The zero-order valence-electron chi connectivity index (χ0n) is 9.20. The highest BCUT2D eigenvalue weighted by atomic mass is 16.6. The predicted octanol–water partition coefficient (Wildman–Crippen LogP) is 2.64. The molecule has 18 heavy (non-hydrogen) atoms. The van der Waals surface area contributed by atoms with Crippen LogP contribution in [0.25, 0.3) is 0 Å². The molecule has 1 aromatic heterocycles. The summed E-state index contributed by atoms with van der Waals surface area (Å²) in [6, 6.07) is 7.76. The lowest BCUT2D eigenvalue weighted by Gasteiger charge is -2.06. The molecule has 0 aliphatic carbocycles. The number of nitro benzene ring substituents is 1. The highest BCUT2D eigenvalue weighted by molar-refractivity contribution is 5.56. The Morgan fingerprint density at radius 1 is 1.44 bits per heavy atom. The van der Waals surface area contributed by atoms with Crippen LogP contribution in [0.5, 0.6) is 5.75 Å². The monoisotopic (exact) mass is 244 g/mol. The second kappa shape index (κ2) is 5.01. The molecule has 6 nitrogen and oxygen atoms in total. The number of nitro groups is 1. The van der Waals surface area contributed by atoms with Crippen molar-refractivity contribution in [2.75, 3.05) is 0 Å². The number of furan rings is 1. The van der Waals surface area contributed by atoms with Gasteiger partial charge in [-0.25, -0.2) is 0 Å². The van der Waals surface area contributed by atoms with E-state index < -0.39 is 4.92 Å². The van der Waals surface area contributed by atoms with E-state index in [9.17, 15) is 10.1 Å². The molecular formula is C12H8N2O4. The normalized spacial score (nSPS) is 9.72. The standard InChI is InChI=1S/C12H8N2O4/c13-6-10-11(14(15)16)2-1-3-12(10)18-8-9-4-5-17-7-9/h1-5,7H,8H2. The van der Waals surface area contributed by atoms with Crippen molar-refractivity contribution in [2.45, 2.75) is 6.61 Å². The van der Waals surface area contributed by atoms with Gasteiger partial charge in [0, 0.05) is 11.6 Å². The lowest BCUT2D eigenvalue weighted by Crippen LogP contribution is -1.99. The van der Waals surface area contributed by atoms with Crippen molar-refractivity contribution in [3.05, 3.63) is 58.0 Å². The Morgan fingerprint density at radius 2 is 2.28 bits per heavy atom. The van der Waals surface area contributed by atoms with Crippen LogP contribution in [0, 0.1) is 21.4 Å². The maximum Gasteiger partial charge on any atom is 0.290 e. The van der Waals surface area contributed by atoms with Gasteiger partial charge in [-0.3, -0.25) is 10.1 Å². The van der Waals surface area contributed by atoms with Gasteiger partial charge in [-0.05, 0) is 12.1 Å². The van der Waals surface area contributed by atoms with Crippen molar-refractivity contribution in [3.8, 4) is 11.8 Å². The van der Waals surface area contributed by atoms with Gasteiger partial charge in [-0.2, -0.15) is 5.26 Å². The minimum Gasteiger partial charge on any atom is -0.487 e. The molecule has 0 aliphatic heterocycles. The van der Waals surface area contributed by atoms with E-state index >= 15 is 0 Å². The molecule has 0 spiro atoms. The Labute approximate surface area is 102 Å². The summed E-state index contributed by atoms with van der Waals surface area (Å²) in [6.07, 6.45) is 3.00. The summed E-state index contributed by atoms with van der Waals surface area (Å²) in [7, 11) is 0. The van der Waals surface area contributed by atoms with E-state index in [1.807, 2.05) is 0 Å². The summed E-state index contributed by atoms with van der Waals surface area (Å²) in [4.78, 5) is 10.1. The van der Waals surface area contributed by atoms with E-state index in [1.54, 1.807) is 12.1 Å². The summed E-state index contributed by atoms with van der Waals surface area (Å²) >= 11 is 0. The molecule has 6 heteroatoms. The first kappa shape index (κ1) is 11.7. The second-order valence-corrected chi connectivity index (χ2v) is 3.44. The van der Waals surface area contributed by atoms with Gasteiger partial charge in [0.1, 0.15) is 18.4 Å². The highest BCUT2D eigenvalue weighted by Crippen LogP contribution is 2.27. The van der Waals surface area contributed by atoms with Crippen molar-refractivity contribution in [1.29, 1.82) is 5.26 Å². The van der Waals surface area contributed by atoms with E-state index in [0.717, 1.165) is 5.56 Å². The average molecular weight is 244 g/mol. The zero-order chi connectivity index (χ0) is 13.0. The molecule has 2 aromatic rings. The molecule has 0 saturated heterocycles. The van der Waals surface area contributed by atoms with Gasteiger partial charge in [-0.15, -0.1) is 0 Å². The molecule has 0 amide bonds. The topological polar surface area (TPSA) is 89.3 Å². The number of hydrogen-bond donors (Lipinski definition) is 0. The minimum absolute atomic E-state index is 0.0778. The van der Waals surface area contributed by atoms with Crippen LogP contribution in [-0.4, -0.2) is 4.92 Å². The zero-order valence-corrected chi connectivity index (χ0v) is 9.20. The Hall–Kier alpha value is -2.81. The first-order valence-electron chi connectivity index (χ1n) is 5.03. The van der Waals surface area contributed by atoms with Crippen molar-refractivity contribution in [1.82, 2.24) is 0 Å². The fraction of sp³-hybridized carbons (Fsp3) is 0.0833. The number of nitriles is 1. The van der Waals surface area contributed by atoms with Gasteiger partial charge in [0.2, 0.25) is 0 Å². The lowest BCUT2D eigenvalue weighted by molar-refractivity contribution is -0.385. The van der Waals surface area contributed by atoms with Crippen LogP contribution in [0.2, 0.25) is 0 Å². The maximum atomic E-state index is 10.7. The summed E-state index contributed by atoms with van der Waals surface area (Å²) in [5.74, 6) is 0.188. The van der Waals surface area contributed by atoms with Gasteiger partial charge >= 0.3 is 0 Å². The van der Waals surface area contributed by atoms with Gasteiger partial charge in [0.05, 0.1) is 17.4 Å². The Kier molecular flexibility index (Phi) is 3.25. The fourth-order valence-electron chi connectivity index (χ4n) is 1.44. The summed E-state index contributed by atoms with van der Waals surface area (Å²) < 4.78 is 10.2. The Bertz CT molecular complexity index is 599. The smallest absolute Gasteiger partial charge is 0.290 e. The van der Waals surface area contributed by atoms with Crippen LogP contribution in [0.4, 0.5) is 5.69 Å². The van der Waals surface area contributed by atoms with Crippen molar-refractivity contribution in [3.63, 3.8) is 0 Å². The quantitative estimate of drug-likeness (QED) is 0.609. The number of nitrogens with zero attached hydrogens (tertiary/aromatic N) is 2.